The number of aromatic nitrogens is 2. The number of anilines is 1. The summed E-state index contributed by atoms with van der Waals surface area (Å²) in [5, 5.41) is 14.8. The minimum absolute atomic E-state index is 0.00467. The van der Waals surface area contributed by atoms with Crippen molar-refractivity contribution in [2.75, 3.05) is 12.4 Å². The van der Waals surface area contributed by atoms with Gasteiger partial charge in [-0.1, -0.05) is 18.2 Å². The molecule has 2 heterocycles. The molecule has 6 nitrogen and oxygen atoms in total. The van der Waals surface area contributed by atoms with E-state index in [4.69, 9.17) is 4.74 Å². The highest BCUT2D eigenvalue weighted by Gasteiger charge is 2.31. The fourth-order valence-corrected chi connectivity index (χ4v) is 3.28. The Bertz CT molecular complexity index is 934. The molecule has 0 unspecified atom stereocenters. The van der Waals surface area contributed by atoms with Crippen LogP contribution in [0.25, 0.3) is 11.0 Å². The van der Waals surface area contributed by atoms with Gasteiger partial charge >= 0.3 is 5.97 Å². The number of nitrogens with zero attached hydrogens (tertiary/aromatic N) is 2. The first-order valence-corrected chi connectivity index (χ1v) is 8.61. The van der Waals surface area contributed by atoms with Gasteiger partial charge in [0.05, 0.1) is 13.2 Å². The number of methoxy groups -OCH3 is 1. The Labute approximate surface area is 149 Å². The van der Waals surface area contributed by atoms with Crippen LogP contribution in [0.2, 0.25) is 0 Å². The number of ether oxygens (including phenoxy) is 1. The zero-order chi connectivity index (χ0) is 17.8. The second kappa shape index (κ2) is 7.28. The van der Waals surface area contributed by atoms with Crippen LogP contribution < -0.4 is 10.3 Å². The van der Waals surface area contributed by atoms with E-state index in [1.807, 2.05) is 54.8 Å². The zero-order valence-electron chi connectivity index (χ0n) is 13.8. The first-order valence-electron chi connectivity index (χ1n) is 7.73. The van der Waals surface area contributed by atoms with E-state index in [0.717, 1.165) is 10.4 Å². The van der Waals surface area contributed by atoms with Gasteiger partial charge in [0, 0.05) is 4.88 Å². The third-order valence-electron chi connectivity index (χ3n) is 3.83. The highest BCUT2D eigenvalue weighted by molar-refractivity contribution is 7.10. The van der Waals surface area contributed by atoms with Crippen LogP contribution in [0.3, 0.4) is 0 Å². The lowest BCUT2D eigenvalue weighted by atomic mass is 10.1. The molecule has 2 atom stereocenters. The predicted octanol–water partition coefficient (Wildman–Crippen LogP) is 3.06. The Hall–Kier alpha value is -2.98. The minimum atomic E-state index is -1.11. The molecular weight excluding hydrogens is 336 g/mol. The quantitative estimate of drug-likeness (QED) is 0.712. The van der Waals surface area contributed by atoms with Crippen LogP contribution in [0.5, 0.6) is 0 Å². The number of hydrogen-bond acceptors (Lipinski definition) is 6. The normalized spacial score (nSPS) is 13.0. The van der Waals surface area contributed by atoms with Crippen molar-refractivity contribution in [2.24, 2.45) is 0 Å². The van der Waals surface area contributed by atoms with E-state index in [2.05, 4.69) is 15.3 Å². The number of nitriles is 1. The molecule has 0 bridgehead atoms. The topological polar surface area (TPSA) is 89.2 Å². The van der Waals surface area contributed by atoms with Crippen LogP contribution in [0, 0.1) is 11.3 Å². The van der Waals surface area contributed by atoms with Crippen LogP contribution in [-0.4, -0.2) is 18.1 Å². The molecule has 0 spiro atoms. The molecule has 0 radical (unpaired) electrons. The SMILES string of the molecule is COC(=O)[C@H](C#N)c1nc2ccccc2[nH+]c1N[C@@H](C)c1cccs1. The molecule has 0 saturated carbocycles. The van der Waals surface area contributed by atoms with E-state index in [1.165, 1.54) is 7.11 Å². The van der Waals surface area contributed by atoms with Gasteiger partial charge in [0.15, 0.2) is 17.1 Å². The minimum Gasteiger partial charge on any atom is -0.468 e. The first kappa shape index (κ1) is 16.9. The van der Waals surface area contributed by atoms with Crippen LogP contribution in [0.4, 0.5) is 5.82 Å². The fraction of sp³-hybridized carbons (Fsp3) is 0.222. The highest BCUT2D eigenvalue weighted by Crippen LogP contribution is 2.27. The number of nitrogens with one attached hydrogen (secondary N) is 2. The average Bonchev–Trinajstić information content (AvgIpc) is 3.17. The number of carbonyl (C=O) groups is 1. The van der Waals surface area contributed by atoms with Crippen LogP contribution in [0.15, 0.2) is 41.8 Å². The lowest BCUT2D eigenvalue weighted by Crippen LogP contribution is -2.24. The van der Waals surface area contributed by atoms with Gasteiger partial charge in [-0.25, -0.2) is 9.97 Å². The van der Waals surface area contributed by atoms with E-state index >= 15 is 0 Å². The summed E-state index contributed by atoms with van der Waals surface area (Å²) in [5.41, 5.74) is 1.82. The summed E-state index contributed by atoms with van der Waals surface area (Å²) in [6, 6.07) is 13.5. The number of thiophene rings is 1. The Morgan fingerprint density at radius 3 is 2.84 bits per heavy atom. The number of benzene rings is 1. The number of H-pyrrole nitrogens is 1. The monoisotopic (exact) mass is 353 g/mol. The molecular formula is C18H17N4O2S+. The number of hydrogen-bond donors (Lipinski definition) is 1. The van der Waals surface area contributed by atoms with Gasteiger partial charge in [0.2, 0.25) is 0 Å². The molecule has 3 rings (SSSR count). The largest absolute Gasteiger partial charge is 0.468 e. The smallest absolute Gasteiger partial charge is 0.329 e. The van der Waals surface area contributed by atoms with E-state index < -0.39 is 11.9 Å². The van der Waals surface area contributed by atoms with Crippen LogP contribution in [-0.2, 0) is 9.53 Å². The maximum Gasteiger partial charge on any atom is 0.329 e. The Morgan fingerprint density at radius 2 is 2.16 bits per heavy atom. The summed E-state index contributed by atoms with van der Waals surface area (Å²) >= 11 is 1.63. The van der Waals surface area contributed by atoms with Crippen molar-refractivity contribution in [3.63, 3.8) is 0 Å². The number of fused-ring (bicyclic) bond motifs is 1. The molecule has 0 aliphatic carbocycles. The average molecular weight is 353 g/mol. The molecule has 7 heteroatoms. The summed E-state index contributed by atoms with van der Waals surface area (Å²) in [5.74, 6) is -1.20. The van der Waals surface area contributed by atoms with E-state index in [1.54, 1.807) is 11.3 Å². The molecule has 0 fully saturated rings. The molecule has 2 aromatic heterocycles. The van der Waals surface area contributed by atoms with Gasteiger partial charge in [-0.05, 0) is 30.5 Å². The summed E-state index contributed by atoms with van der Waals surface area (Å²) < 4.78 is 4.76. The highest BCUT2D eigenvalue weighted by atomic mass is 32.1. The number of rotatable bonds is 5. The predicted molar refractivity (Wildman–Crippen MR) is 95.0 cm³/mol. The van der Waals surface area contributed by atoms with E-state index in [9.17, 15) is 10.1 Å². The van der Waals surface area contributed by atoms with Crippen molar-refractivity contribution < 1.29 is 14.5 Å². The first-order chi connectivity index (χ1) is 12.1. The van der Waals surface area contributed by atoms with Gasteiger partial charge < -0.3 is 4.74 Å². The standard InChI is InChI=1S/C18H16N4O2S/c1-11(15-8-5-9-25-15)20-17-16(12(10-19)18(23)24-2)21-13-6-3-4-7-14(13)22-17/h3-9,11-12H,1-2H3,(H,20,22)/p+1/t11-,12+/m0/s1. The summed E-state index contributed by atoms with van der Waals surface area (Å²) in [4.78, 5) is 21.0. The van der Waals surface area contributed by atoms with Crippen molar-refractivity contribution in [1.29, 1.82) is 5.26 Å². The van der Waals surface area contributed by atoms with Crippen molar-refractivity contribution in [3.8, 4) is 6.07 Å². The number of esters is 1. The lowest BCUT2D eigenvalue weighted by Gasteiger charge is -2.12. The lowest BCUT2D eigenvalue weighted by molar-refractivity contribution is -0.329. The number of aromatic amines is 1. The van der Waals surface area contributed by atoms with Crippen LogP contribution >= 0.6 is 11.3 Å². The molecule has 0 amide bonds. The zero-order valence-corrected chi connectivity index (χ0v) is 14.6. The second-order valence-corrected chi connectivity index (χ2v) is 6.46. The van der Waals surface area contributed by atoms with Gasteiger partial charge in [0.1, 0.15) is 11.6 Å². The van der Waals surface area contributed by atoms with E-state index in [-0.39, 0.29) is 6.04 Å². The van der Waals surface area contributed by atoms with Crippen LogP contribution in [0.1, 0.15) is 29.5 Å². The summed E-state index contributed by atoms with van der Waals surface area (Å²) in [6.45, 7) is 2.01. The Morgan fingerprint density at radius 1 is 1.36 bits per heavy atom. The van der Waals surface area contributed by atoms with Gasteiger partial charge in [-0.2, -0.15) is 5.26 Å². The molecule has 0 saturated heterocycles. The van der Waals surface area contributed by atoms with Gasteiger partial charge in [-0.15, -0.1) is 11.3 Å². The van der Waals surface area contributed by atoms with E-state index in [0.29, 0.717) is 17.0 Å². The Kier molecular flexibility index (Phi) is 4.91. The van der Waals surface area contributed by atoms with Crippen molar-refractivity contribution in [3.05, 3.63) is 52.3 Å². The summed E-state index contributed by atoms with van der Waals surface area (Å²) in [6.07, 6.45) is 0. The molecule has 0 aliphatic rings. The number of para-hydroxylation sites is 2. The van der Waals surface area contributed by atoms with Gasteiger partial charge in [0.25, 0.3) is 5.82 Å². The molecule has 3 aromatic rings. The molecule has 126 valence electrons. The van der Waals surface area contributed by atoms with Crippen molar-refractivity contribution >= 4 is 34.2 Å². The fourth-order valence-electron chi connectivity index (χ4n) is 2.55. The van der Waals surface area contributed by atoms with Crippen molar-refractivity contribution in [1.82, 2.24) is 4.98 Å². The third kappa shape index (κ3) is 3.44. The molecule has 25 heavy (non-hydrogen) atoms. The van der Waals surface area contributed by atoms with Gasteiger partial charge in [-0.3, -0.25) is 10.1 Å². The second-order valence-electron chi connectivity index (χ2n) is 5.48. The Balaban J connectivity index is 2.09. The van der Waals surface area contributed by atoms with Crippen molar-refractivity contribution in [2.45, 2.75) is 18.9 Å². The molecule has 0 aliphatic heterocycles. The molecule has 1 aromatic carbocycles. The maximum absolute atomic E-state index is 12.0. The summed E-state index contributed by atoms with van der Waals surface area (Å²) in [7, 11) is 1.26. The number of carbonyl (C=O) groups excluding carboxylic acids is 1. The maximum atomic E-state index is 12.0. The molecule has 2 N–H and O–H groups in total. The third-order valence-corrected chi connectivity index (χ3v) is 4.89.